The standard InChI is InChI=1S/C15H21N5O/c1-2-12-5-3-6-13(9-12)17-15(21)11-20-10-14(18-19-20)7-4-8-16/h3,5-6,9-10H,2,4,7-8,11,16H2,1H3,(H,17,21). The van der Waals surface area contributed by atoms with Crippen LogP contribution in [0.3, 0.4) is 0 Å². The second-order valence-corrected chi connectivity index (χ2v) is 4.90. The Bertz CT molecular complexity index is 593. The lowest BCUT2D eigenvalue weighted by atomic mass is 10.1. The number of carbonyl (C=O) groups excluding carboxylic acids is 1. The minimum atomic E-state index is -0.112. The van der Waals surface area contributed by atoms with Crippen LogP contribution in [-0.4, -0.2) is 27.4 Å². The molecule has 0 fully saturated rings. The highest BCUT2D eigenvalue weighted by Crippen LogP contribution is 2.11. The van der Waals surface area contributed by atoms with Gasteiger partial charge in [-0.25, -0.2) is 4.68 Å². The van der Waals surface area contributed by atoms with Gasteiger partial charge >= 0.3 is 0 Å². The maximum Gasteiger partial charge on any atom is 0.246 e. The molecule has 1 heterocycles. The third-order valence-electron chi connectivity index (χ3n) is 3.15. The molecular weight excluding hydrogens is 266 g/mol. The summed E-state index contributed by atoms with van der Waals surface area (Å²) in [7, 11) is 0. The first kappa shape index (κ1) is 15.2. The van der Waals surface area contributed by atoms with Crippen molar-refractivity contribution in [1.29, 1.82) is 0 Å². The highest BCUT2D eigenvalue weighted by molar-refractivity contribution is 5.90. The van der Waals surface area contributed by atoms with E-state index in [1.807, 2.05) is 24.3 Å². The molecule has 2 rings (SSSR count). The Labute approximate surface area is 124 Å². The fraction of sp³-hybridized carbons (Fsp3) is 0.400. The van der Waals surface area contributed by atoms with Gasteiger partial charge in [0.2, 0.25) is 5.91 Å². The van der Waals surface area contributed by atoms with Gasteiger partial charge in [-0.05, 0) is 43.5 Å². The van der Waals surface area contributed by atoms with Gasteiger partial charge in [-0.15, -0.1) is 5.10 Å². The number of amides is 1. The van der Waals surface area contributed by atoms with Crippen LogP contribution in [0.4, 0.5) is 5.69 Å². The number of aromatic nitrogens is 3. The number of hydrogen-bond donors (Lipinski definition) is 2. The van der Waals surface area contributed by atoms with E-state index in [9.17, 15) is 4.79 Å². The van der Waals surface area contributed by atoms with E-state index in [4.69, 9.17) is 5.73 Å². The first-order valence-electron chi connectivity index (χ1n) is 7.19. The van der Waals surface area contributed by atoms with E-state index in [0.29, 0.717) is 6.54 Å². The first-order valence-corrected chi connectivity index (χ1v) is 7.19. The number of hydrogen-bond acceptors (Lipinski definition) is 4. The number of carbonyl (C=O) groups is 1. The molecule has 112 valence electrons. The predicted octanol–water partition coefficient (Wildman–Crippen LogP) is 1.37. The number of aryl methyl sites for hydroxylation is 2. The summed E-state index contributed by atoms with van der Waals surface area (Å²) in [6.45, 7) is 2.87. The maximum atomic E-state index is 12.0. The molecule has 0 aliphatic carbocycles. The monoisotopic (exact) mass is 287 g/mol. The van der Waals surface area contributed by atoms with Crippen LogP contribution in [0.25, 0.3) is 0 Å². The fourth-order valence-corrected chi connectivity index (χ4v) is 2.03. The van der Waals surface area contributed by atoms with Crippen LogP contribution in [0.2, 0.25) is 0 Å². The molecule has 1 aromatic carbocycles. The molecule has 21 heavy (non-hydrogen) atoms. The Morgan fingerprint density at radius 2 is 2.29 bits per heavy atom. The summed E-state index contributed by atoms with van der Waals surface area (Å²) in [5.74, 6) is -0.112. The summed E-state index contributed by atoms with van der Waals surface area (Å²) < 4.78 is 1.55. The Kier molecular flexibility index (Phi) is 5.45. The van der Waals surface area contributed by atoms with Crippen LogP contribution in [0.1, 0.15) is 24.6 Å². The lowest BCUT2D eigenvalue weighted by Gasteiger charge is -2.06. The van der Waals surface area contributed by atoms with E-state index < -0.39 is 0 Å². The molecule has 0 saturated heterocycles. The number of rotatable bonds is 7. The first-order chi connectivity index (χ1) is 10.2. The highest BCUT2D eigenvalue weighted by Gasteiger charge is 2.06. The average molecular weight is 287 g/mol. The lowest BCUT2D eigenvalue weighted by molar-refractivity contribution is -0.116. The van der Waals surface area contributed by atoms with Crippen LogP contribution in [-0.2, 0) is 24.2 Å². The third kappa shape index (κ3) is 4.68. The van der Waals surface area contributed by atoms with E-state index in [1.165, 1.54) is 5.56 Å². The topological polar surface area (TPSA) is 85.8 Å². The lowest BCUT2D eigenvalue weighted by Crippen LogP contribution is -2.19. The fourth-order valence-electron chi connectivity index (χ4n) is 2.03. The van der Waals surface area contributed by atoms with E-state index >= 15 is 0 Å². The largest absolute Gasteiger partial charge is 0.330 e. The molecule has 0 radical (unpaired) electrons. The zero-order valence-corrected chi connectivity index (χ0v) is 12.2. The SMILES string of the molecule is CCc1cccc(NC(=O)Cn2cc(CCCN)nn2)c1. The zero-order chi connectivity index (χ0) is 15.1. The third-order valence-corrected chi connectivity index (χ3v) is 3.15. The van der Waals surface area contributed by atoms with Crippen molar-refractivity contribution >= 4 is 11.6 Å². The van der Waals surface area contributed by atoms with Gasteiger partial charge in [0.05, 0.1) is 5.69 Å². The van der Waals surface area contributed by atoms with E-state index in [0.717, 1.165) is 30.6 Å². The molecule has 6 heteroatoms. The number of benzene rings is 1. The van der Waals surface area contributed by atoms with Crippen molar-refractivity contribution in [3.8, 4) is 0 Å². The zero-order valence-electron chi connectivity index (χ0n) is 12.2. The van der Waals surface area contributed by atoms with Crippen LogP contribution >= 0.6 is 0 Å². The molecule has 0 saturated carbocycles. The molecule has 1 aromatic heterocycles. The summed E-state index contributed by atoms with van der Waals surface area (Å²) in [5, 5.41) is 10.8. The smallest absolute Gasteiger partial charge is 0.246 e. The Morgan fingerprint density at radius 3 is 3.05 bits per heavy atom. The van der Waals surface area contributed by atoms with Crippen LogP contribution < -0.4 is 11.1 Å². The molecule has 0 aliphatic rings. The highest BCUT2D eigenvalue weighted by atomic mass is 16.2. The second kappa shape index (κ2) is 7.54. The van der Waals surface area contributed by atoms with Crippen molar-refractivity contribution in [2.75, 3.05) is 11.9 Å². The molecule has 0 unspecified atom stereocenters. The predicted molar refractivity (Wildman–Crippen MR) is 81.8 cm³/mol. The number of anilines is 1. The van der Waals surface area contributed by atoms with Gasteiger partial charge in [0, 0.05) is 11.9 Å². The second-order valence-electron chi connectivity index (χ2n) is 4.90. The number of nitrogens with one attached hydrogen (secondary N) is 1. The van der Waals surface area contributed by atoms with Gasteiger partial charge < -0.3 is 11.1 Å². The van der Waals surface area contributed by atoms with Gasteiger partial charge in [0.15, 0.2) is 0 Å². The number of nitrogens with zero attached hydrogens (tertiary/aromatic N) is 3. The molecular formula is C15H21N5O. The summed E-state index contributed by atoms with van der Waals surface area (Å²) in [6, 6.07) is 7.84. The normalized spacial score (nSPS) is 10.6. The van der Waals surface area contributed by atoms with Crippen LogP contribution in [0.5, 0.6) is 0 Å². The molecule has 6 nitrogen and oxygen atoms in total. The summed E-state index contributed by atoms with van der Waals surface area (Å²) in [5.41, 5.74) is 8.32. The van der Waals surface area contributed by atoms with Gasteiger partial charge in [0.25, 0.3) is 0 Å². The minimum absolute atomic E-state index is 0.112. The molecule has 0 atom stereocenters. The quantitative estimate of drug-likeness (QED) is 0.805. The average Bonchev–Trinajstić information content (AvgIpc) is 2.92. The van der Waals surface area contributed by atoms with Crippen LogP contribution in [0.15, 0.2) is 30.5 Å². The van der Waals surface area contributed by atoms with Crippen LogP contribution in [0, 0.1) is 0 Å². The van der Waals surface area contributed by atoms with Gasteiger partial charge in [-0.1, -0.05) is 24.3 Å². The molecule has 0 aliphatic heterocycles. The summed E-state index contributed by atoms with van der Waals surface area (Å²) >= 11 is 0. The molecule has 3 N–H and O–H groups in total. The van der Waals surface area contributed by atoms with E-state index in [-0.39, 0.29) is 12.5 Å². The molecule has 0 bridgehead atoms. The summed E-state index contributed by atoms with van der Waals surface area (Å²) in [4.78, 5) is 12.0. The van der Waals surface area contributed by atoms with Crippen molar-refractivity contribution in [1.82, 2.24) is 15.0 Å². The van der Waals surface area contributed by atoms with Crippen molar-refractivity contribution < 1.29 is 4.79 Å². The van der Waals surface area contributed by atoms with Crippen molar-refractivity contribution in [3.63, 3.8) is 0 Å². The van der Waals surface area contributed by atoms with E-state index in [1.54, 1.807) is 10.9 Å². The van der Waals surface area contributed by atoms with Gasteiger partial charge in [-0.3, -0.25) is 4.79 Å². The van der Waals surface area contributed by atoms with E-state index in [2.05, 4.69) is 22.6 Å². The Balaban J connectivity index is 1.90. The molecule has 2 aromatic rings. The minimum Gasteiger partial charge on any atom is -0.330 e. The Hall–Kier alpha value is -2.21. The van der Waals surface area contributed by atoms with Crippen molar-refractivity contribution in [2.45, 2.75) is 32.7 Å². The molecule has 1 amide bonds. The van der Waals surface area contributed by atoms with Crippen molar-refractivity contribution in [3.05, 3.63) is 41.7 Å². The van der Waals surface area contributed by atoms with Gasteiger partial charge in [-0.2, -0.15) is 0 Å². The maximum absolute atomic E-state index is 12.0. The van der Waals surface area contributed by atoms with Gasteiger partial charge in [0.1, 0.15) is 6.54 Å². The Morgan fingerprint density at radius 1 is 1.43 bits per heavy atom. The number of nitrogens with two attached hydrogens (primary N) is 1. The van der Waals surface area contributed by atoms with Crippen molar-refractivity contribution in [2.24, 2.45) is 5.73 Å². The summed E-state index contributed by atoms with van der Waals surface area (Å²) in [6.07, 6.45) is 4.39. The molecule has 0 spiro atoms.